The number of likely N-dealkylation sites (tertiary alicyclic amines) is 1. The van der Waals surface area contributed by atoms with Crippen molar-refractivity contribution in [1.29, 1.82) is 0 Å². The lowest BCUT2D eigenvalue weighted by Gasteiger charge is -2.34. The first-order valence-corrected chi connectivity index (χ1v) is 8.46. The van der Waals surface area contributed by atoms with Crippen molar-refractivity contribution < 1.29 is 9.18 Å². The van der Waals surface area contributed by atoms with Gasteiger partial charge in [-0.1, -0.05) is 0 Å². The second-order valence-corrected chi connectivity index (χ2v) is 6.82. The molecule has 0 bridgehead atoms. The van der Waals surface area contributed by atoms with E-state index in [1.807, 2.05) is 11.8 Å². The summed E-state index contributed by atoms with van der Waals surface area (Å²) in [5.41, 5.74) is 5.95. The van der Waals surface area contributed by atoms with E-state index in [2.05, 4.69) is 0 Å². The molecule has 124 valence electrons. The third-order valence-corrected chi connectivity index (χ3v) is 4.97. The van der Waals surface area contributed by atoms with Crippen molar-refractivity contribution in [3.63, 3.8) is 0 Å². The average molecular weight is 347 g/mol. The standard InChI is InChI=1S/C16H23FN2OS.ClH/c1-12(18)13-3-2-9-19(11-13)16(20)8-10-21-15-6-4-14(17)5-7-15;/h4-7,12-13H,2-3,8-11,18H2,1H3;1H. The van der Waals surface area contributed by atoms with Crippen LogP contribution in [0.5, 0.6) is 0 Å². The smallest absolute Gasteiger partial charge is 0.223 e. The Morgan fingerprint density at radius 3 is 2.77 bits per heavy atom. The van der Waals surface area contributed by atoms with Crippen LogP contribution in [0.4, 0.5) is 4.39 Å². The third-order valence-electron chi connectivity index (χ3n) is 3.95. The first kappa shape index (κ1) is 19.3. The lowest BCUT2D eigenvalue weighted by molar-refractivity contribution is -0.132. The molecule has 0 spiro atoms. The van der Waals surface area contributed by atoms with Crippen molar-refractivity contribution in [3.05, 3.63) is 30.1 Å². The maximum absolute atomic E-state index is 12.8. The predicted octanol–water partition coefficient (Wildman–Crippen LogP) is 3.32. The van der Waals surface area contributed by atoms with E-state index in [1.54, 1.807) is 23.9 Å². The molecule has 1 aliphatic heterocycles. The fourth-order valence-corrected chi connectivity index (χ4v) is 3.45. The molecular formula is C16H24ClFN2OS. The molecule has 3 nitrogen and oxygen atoms in total. The van der Waals surface area contributed by atoms with Gasteiger partial charge < -0.3 is 10.6 Å². The van der Waals surface area contributed by atoms with Crippen LogP contribution < -0.4 is 5.73 Å². The van der Waals surface area contributed by atoms with Crippen LogP contribution >= 0.6 is 24.2 Å². The highest BCUT2D eigenvalue weighted by Gasteiger charge is 2.25. The maximum atomic E-state index is 12.8. The zero-order valence-corrected chi connectivity index (χ0v) is 14.5. The molecular weight excluding hydrogens is 323 g/mol. The van der Waals surface area contributed by atoms with E-state index in [4.69, 9.17) is 5.73 Å². The summed E-state index contributed by atoms with van der Waals surface area (Å²) in [6.07, 6.45) is 2.68. The van der Waals surface area contributed by atoms with E-state index in [0.717, 1.165) is 36.6 Å². The van der Waals surface area contributed by atoms with E-state index >= 15 is 0 Å². The van der Waals surface area contributed by atoms with Crippen molar-refractivity contribution in [2.24, 2.45) is 11.7 Å². The Morgan fingerprint density at radius 1 is 1.45 bits per heavy atom. The molecule has 1 heterocycles. The van der Waals surface area contributed by atoms with Crippen molar-refractivity contribution in [2.75, 3.05) is 18.8 Å². The Balaban J connectivity index is 0.00000242. The van der Waals surface area contributed by atoms with Gasteiger partial charge in [0.15, 0.2) is 0 Å². The molecule has 0 radical (unpaired) electrons. The molecule has 0 aliphatic carbocycles. The van der Waals surface area contributed by atoms with E-state index < -0.39 is 0 Å². The van der Waals surface area contributed by atoms with Crippen LogP contribution in [0.3, 0.4) is 0 Å². The Bertz CT molecular complexity index is 470. The fraction of sp³-hybridized carbons (Fsp3) is 0.562. The van der Waals surface area contributed by atoms with Crippen LogP contribution in [-0.2, 0) is 4.79 Å². The molecule has 1 saturated heterocycles. The number of piperidine rings is 1. The molecule has 1 amide bonds. The van der Waals surface area contributed by atoms with Crippen LogP contribution in [0.15, 0.2) is 29.2 Å². The van der Waals surface area contributed by atoms with Crippen molar-refractivity contribution >= 4 is 30.1 Å². The minimum atomic E-state index is -0.231. The monoisotopic (exact) mass is 346 g/mol. The second-order valence-electron chi connectivity index (χ2n) is 5.65. The zero-order valence-electron chi connectivity index (χ0n) is 12.8. The van der Waals surface area contributed by atoms with Gasteiger partial charge in [0, 0.05) is 36.2 Å². The summed E-state index contributed by atoms with van der Waals surface area (Å²) in [4.78, 5) is 15.2. The van der Waals surface area contributed by atoms with Crippen LogP contribution in [-0.4, -0.2) is 35.7 Å². The number of carbonyl (C=O) groups excluding carboxylic acids is 1. The molecule has 1 aromatic carbocycles. The largest absolute Gasteiger partial charge is 0.342 e. The van der Waals surface area contributed by atoms with Gasteiger partial charge in [-0.25, -0.2) is 4.39 Å². The summed E-state index contributed by atoms with van der Waals surface area (Å²) in [5, 5.41) is 0. The van der Waals surface area contributed by atoms with Gasteiger partial charge in [-0.15, -0.1) is 24.2 Å². The van der Waals surface area contributed by atoms with Gasteiger partial charge >= 0.3 is 0 Å². The average Bonchev–Trinajstić information content (AvgIpc) is 2.49. The molecule has 1 aromatic rings. The first-order valence-electron chi connectivity index (χ1n) is 7.48. The summed E-state index contributed by atoms with van der Waals surface area (Å²) in [6, 6.07) is 6.54. The molecule has 6 heteroatoms. The van der Waals surface area contributed by atoms with Gasteiger partial charge in [-0.3, -0.25) is 4.79 Å². The quantitative estimate of drug-likeness (QED) is 0.832. The van der Waals surface area contributed by atoms with Crippen LogP contribution in [0.25, 0.3) is 0 Å². The summed E-state index contributed by atoms with van der Waals surface area (Å²) >= 11 is 1.59. The van der Waals surface area contributed by atoms with Gasteiger partial charge in [0.2, 0.25) is 5.91 Å². The zero-order chi connectivity index (χ0) is 15.2. The van der Waals surface area contributed by atoms with Gasteiger partial charge in [0.1, 0.15) is 5.82 Å². The van der Waals surface area contributed by atoms with Gasteiger partial charge in [0.05, 0.1) is 0 Å². The number of rotatable bonds is 5. The molecule has 2 unspecified atom stereocenters. The van der Waals surface area contributed by atoms with Crippen LogP contribution in [0.2, 0.25) is 0 Å². The maximum Gasteiger partial charge on any atom is 0.223 e. The number of hydrogen-bond donors (Lipinski definition) is 1. The van der Waals surface area contributed by atoms with E-state index in [1.165, 1.54) is 12.1 Å². The fourth-order valence-electron chi connectivity index (χ4n) is 2.61. The highest BCUT2D eigenvalue weighted by Crippen LogP contribution is 2.22. The number of halogens is 2. The lowest BCUT2D eigenvalue weighted by atomic mass is 9.92. The molecule has 2 atom stereocenters. The number of carbonyl (C=O) groups is 1. The Kier molecular flexibility index (Phi) is 8.21. The lowest BCUT2D eigenvalue weighted by Crippen LogP contribution is -2.45. The number of nitrogens with zero attached hydrogens (tertiary/aromatic N) is 1. The van der Waals surface area contributed by atoms with Gasteiger partial charge in [0.25, 0.3) is 0 Å². The minimum Gasteiger partial charge on any atom is -0.342 e. The third kappa shape index (κ3) is 5.78. The highest BCUT2D eigenvalue weighted by molar-refractivity contribution is 7.99. The number of hydrogen-bond acceptors (Lipinski definition) is 3. The van der Waals surface area contributed by atoms with Crippen molar-refractivity contribution in [3.8, 4) is 0 Å². The number of amides is 1. The Hall–Kier alpha value is -0.780. The van der Waals surface area contributed by atoms with E-state index in [9.17, 15) is 9.18 Å². The molecule has 2 N–H and O–H groups in total. The van der Waals surface area contributed by atoms with Crippen molar-refractivity contribution in [1.82, 2.24) is 4.90 Å². The summed E-state index contributed by atoms with van der Waals surface area (Å²) in [6.45, 7) is 3.66. The van der Waals surface area contributed by atoms with Crippen LogP contribution in [0.1, 0.15) is 26.2 Å². The molecule has 0 aromatic heterocycles. The number of benzene rings is 1. The van der Waals surface area contributed by atoms with Crippen LogP contribution in [0, 0.1) is 11.7 Å². The van der Waals surface area contributed by atoms with E-state index in [-0.39, 0.29) is 30.2 Å². The summed E-state index contributed by atoms with van der Waals surface area (Å²) in [5.74, 6) is 1.12. The Labute approximate surface area is 142 Å². The molecule has 0 saturated carbocycles. The molecule has 1 aliphatic rings. The molecule has 2 rings (SSSR count). The highest BCUT2D eigenvalue weighted by atomic mass is 35.5. The van der Waals surface area contributed by atoms with Gasteiger partial charge in [-0.05, 0) is 49.9 Å². The van der Waals surface area contributed by atoms with Gasteiger partial charge in [-0.2, -0.15) is 0 Å². The predicted molar refractivity (Wildman–Crippen MR) is 91.9 cm³/mol. The topological polar surface area (TPSA) is 46.3 Å². The summed E-state index contributed by atoms with van der Waals surface area (Å²) in [7, 11) is 0. The second kappa shape index (κ2) is 9.38. The van der Waals surface area contributed by atoms with E-state index in [0.29, 0.717) is 12.3 Å². The number of nitrogens with two attached hydrogens (primary N) is 1. The molecule has 22 heavy (non-hydrogen) atoms. The SMILES string of the molecule is CC(N)C1CCCN(C(=O)CCSc2ccc(F)cc2)C1.Cl. The first-order chi connectivity index (χ1) is 10.1. The normalized spacial score (nSPS) is 19.4. The summed E-state index contributed by atoms with van der Waals surface area (Å²) < 4.78 is 12.8. The molecule has 1 fully saturated rings. The Morgan fingerprint density at radius 2 is 2.14 bits per heavy atom. The van der Waals surface area contributed by atoms with Crippen molar-refractivity contribution in [2.45, 2.75) is 37.1 Å². The minimum absolute atomic E-state index is 0. The number of thioether (sulfide) groups is 1.